The van der Waals surface area contributed by atoms with Crippen molar-refractivity contribution in [2.75, 3.05) is 0 Å². The van der Waals surface area contributed by atoms with Crippen LogP contribution >= 0.6 is 0 Å². The summed E-state index contributed by atoms with van der Waals surface area (Å²) in [6.07, 6.45) is 2.66. The SMILES string of the molecule is CC(C)Cc1cc(-c2nc(-c3cc(-c4ccccc4)ccc3O)c3oc4ccccc4c3n2)nc(-n2c3ccccc3c3cccnc32)c1.[Pt]. The Morgan fingerprint density at radius 1 is 0.720 bits per heavy atom. The second-order valence-electron chi connectivity index (χ2n) is 12.8. The maximum Gasteiger partial charge on any atom is 0.180 e. The minimum Gasteiger partial charge on any atom is -0.507 e. The van der Waals surface area contributed by atoms with Crippen LogP contribution in [0.2, 0.25) is 0 Å². The predicted molar refractivity (Wildman–Crippen MR) is 196 cm³/mol. The molecule has 8 heteroatoms. The van der Waals surface area contributed by atoms with Crippen LogP contribution in [-0.4, -0.2) is 29.6 Å². The number of furan rings is 1. The number of nitrogens with zero attached hydrogens (tertiary/aromatic N) is 5. The molecule has 0 aliphatic heterocycles. The molecule has 0 aliphatic rings. The fourth-order valence-electron chi connectivity index (χ4n) is 6.84. The summed E-state index contributed by atoms with van der Waals surface area (Å²) < 4.78 is 8.54. The summed E-state index contributed by atoms with van der Waals surface area (Å²) >= 11 is 0. The van der Waals surface area contributed by atoms with Crippen molar-refractivity contribution in [1.29, 1.82) is 0 Å². The molecule has 1 N–H and O–H groups in total. The summed E-state index contributed by atoms with van der Waals surface area (Å²) in [5.74, 6) is 1.70. The van der Waals surface area contributed by atoms with Crippen LogP contribution in [0.15, 0.2) is 132 Å². The third kappa shape index (κ3) is 5.35. The molecule has 9 aromatic rings. The van der Waals surface area contributed by atoms with E-state index in [1.165, 1.54) is 0 Å². The Kier molecular flexibility index (Phi) is 8.01. The molecule has 0 fully saturated rings. The molecule has 0 spiro atoms. The number of benzene rings is 4. The maximum absolute atomic E-state index is 11.3. The summed E-state index contributed by atoms with van der Waals surface area (Å²) in [6, 6.07) is 40.1. The molecule has 0 amide bonds. The van der Waals surface area contributed by atoms with Gasteiger partial charge in [0, 0.05) is 49.0 Å². The Labute approximate surface area is 302 Å². The number of pyridine rings is 2. The predicted octanol–water partition coefficient (Wildman–Crippen LogP) is 10.2. The van der Waals surface area contributed by atoms with Gasteiger partial charge >= 0.3 is 0 Å². The monoisotopic (exact) mass is 832 g/mol. The van der Waals surface area contributed by atoms with Crippen molar-refractivity contribution in [1.82, 2.24) is 24.5 Å². The van der Waals surface area contributed by atoms with Gasteiger partial charge < -0.3 is 9.52 Å². The third-order valence-electron chi connectivity index (χ3n) is 8.99. The molecular formula is C42H31N5O2Pt. The largest absolute Gasteiger partial charge is 0.507 e. The molecule has 0 unspecified atom stereocenters. The second kappa shape index (κ2) is 12.7. The average Bonchev–Trinajstić information content (AvgIpc) is 3.67. The smallest absolute Gasteiger partial charge is 0.180 e. The molecule has 0 bridgehead atoms. The van der Waals surface area contributed by atoms with Gasteiger partial charge in [-0.05, 0) is 83.6 Å². The zero-order valence-electron chi connectivity index (χ0n) is 27.3. The average molecular weight is 833 g/mol. The first-order valence-electron chi connectivity index (χ1n) is 16.5. The molecule has 0 atom stereocenters. The fourth-order valence-corrected chi connectivity index (χ4v) is 6.84. The molecule has 7 nitrogen and oxygen atoms in total. The van der Waals surface area contributed by atoms with E-state index in [2.05, 4.69) is 54.8 Å². The van der Waals surface area contributed by atoms with Crippen molar-refractivity contribution in [3.05, 3.63) is 133 Å². The minimum atomic E-state index is 0. The van der Waals surface area contributed by atoms with Gasteiger partial charge in [0.25, 0.3) is 0 Å². The van der Waals surface area contributed by atoms with Crippen LogP contribution in [0, 0.1) is 5.92 Å². The van der Waals surface area contributed by atoms with E-state index in [0.717, 1.165) is 56.3 Å². The molecule has 4 aromatic carbocycles. The normalized spacial score (nSPS) is 11.6. The number of hydrogen-bond acceptors (Lipinski definition) is 6. The number of para-hydroxylation sites is 2. The third-order valence-corrected chi connectivity index (χ3v) is 8.99. The van der Waals surface area contributed by atoms with Crippen LogP contribution in [0.1, 0.15) is 19.4 Å². The van der Waals surface area contributed by atoms with Crippen molar-refractivity contribution in [2.24, 2.45) is 5.92 Å². The molecule has 0 saturated carbocycles. The van der Waals surface area contributed by atoms with Crippen LogP contribution in [-0.2, 0) is 27.5 Å². The standard InChI is InChI=1S/C42H31N5O2.Pt/c1-25(2)21-26-22-33(44-37(23-26)47-34-16-8-6-13-29(34)30-15-10-20-43-42(30)47)41-45-38-31-14-7-9-17-36(31)49-40(38)39(46-41)32-24-28(18-19-35(32)48)27-11-4-3-5-12-27;/h3-20,22-25,48H,21H2,1-2H3;. The number of aromatic hydroxyl groups is 1. The summed E-state index contributed by atoms with van der Waals surface area (Å²) in [6.45, 7) is 4.42. The van der Waals surface area contributed by atoms with E-state index in [9.17, 15) is 5.11 Å². The molecule has 0 aliphatic carbocycles. The van der Waals surface area contributed by atoms with Crippen LogP contribution in [0.3, 0.4) is 0 Å². The van der Waals surface area contributed by atoms with Crippen LogP contribution in [0.4, 0.5) is 0 Å². The second-order valence-corrected chi connectivity index (χ2v) is 12.8. The summed E-state index contributed by atoms with van der Waals surface area (Å²) in [4.78, 5) is 20.3. The molecule has 0 radical (unpaired) electrons. The number of fused-ring (bicyclic) bond motifs is 6. The summed E-state index contributed by atoms with van der Waals surface area (Å²) in [5.41, 5.74) is 8.52. The zero-order chi connectivity index (χ0) is 33.1. The van der Waals surface area contributed by atoms with Crippen molar-refractivity contribution < 1.29 is 30.6 Å². The Morgan fingerprint density at radius 2 is 1.48 bits per heavy atom. The van der Waals surface area contributed by atoms with E-state index in [1.807, 2.05) is 85.1 Å². The zero-order valence-corrected chi connectivity index (χ0v) is 29.6. The van der Waals surface area contributed by atoms with Gasteiger partial charge in [-0.3, -0.25) is 4.57 Å². The van der Waals surface area contributed by atoms with E-state index in [1.54, 1.807) is 6.07 Å². The van der Waals surface area contributed by atoms with E-state index < -0.39 is 0 Å². The molecule has 50 heavy (non-hydrogen) atoms. The topological polar surface area (TPSA) is 89.9 Å². The van der Waals surface area contributed by atoms with Crippen molar-refractivity contribution in [2.45, 2.75) is 20.3 Å². The molecular weight excluding hydrogens is 802 g/mol. The fraction of sp³-hybridized carbons (Fsp3) is 0.0952. The van der Waals surface area contributed by atoms with Crippen molar-refractivity contribution in [3.63, 3.8) is 0 Å². The van der Waals surface area contributed by atoms with E-state index in [4.69, 9.17) is 24.4 Å². The van der Waals surface area contributed by atoms with Gasteiger partial charge in [-0.2, -0.15) is 0 Å². The van der Waals surface area contributed by atoms with Gasteiger partial charge in [-0.1, -0.05) is 80.6 Å². The minimum absolute atomic E-state index is 0. The van der Waals surface area contributed by atoms with Gasteiger partial charge in [0.05, 0.1) is 5.52 Å². The Balaban J connectivity index is 0.00000361. The van der Waals surface area contributed by atoms with E-state index >= 15 is 0 Å². The first-order chi connectivity index (χ1) is 24.0. The van der Waals surface area contributed by atoms with Gasteiger partial charge in [0.2, 0.25) is 0 Å². The molecule has 9 rings (SSSR count). The first-order valence-corrected chi connectivity index (χ1v) is 16.5. The van der Waals surface area contributed by atoms with Crippen LogP contribution in [0.25, 0.3) is 83.7 Å². The molecule has 5 heterocycles. The van der Waals surface area contributed by atoms with Crippen molar-refractivity contribution >= 4 is 44.0 Å². The number of phenolic OH excluding ortho intramolecular Hbond substituents is 1. The number of hydrogen-bond donors (Lipinski definition) is 1. The molecule has 5 aromatic heterocycles. The number of phenols is 1. The Hall–Kier alpha value is -5.65. The Bertz CT molecular complexity index is 2650. The van der Waals surface area contributed by atoms with E-state index in [-0.39, 0.29) is 26.8 Å². The van der Waals surface area contributed by atoms with E-state index in [0.29, 0.717) is 45.4 Å². The summed E-state index contributed by atoms with van der Waals surface area (Å²) in [5, 5.41) is 14.4. The quantitative estimate of drug-likeness (QED) is 0.180. The number of rotatable bonds is 6. The maximum atomic E-state index is 11.3. The van der Waals surface area contributed by atoms with Gasteiger partial charge in [-0.25, -0.2) is 19.9 Å². The first kappa shape index (κ1) is 31.6. The van der Waals surface area contributed by atoms with Gasteiger partial charge in [0.1, 0.15) is 39.7 Å². The van der Waals surface area contributed by atoms with Gasteiger partial charge in [-0.15, -0.1) is 0 Å². The summed E-state index contributed by atoms with van der Waals surface area (Å²) in [7, 11) is 0. The number of aromatic nitrogens is 5. The van der Waals surface area contributed by atoms with Crippen LogP contribution in [0.5, 0.6) is 5.75 Å². The van der Waals surface area contributed by atoms with Crippen LogP contribution < -0.4 is 0 Å². The van der Waals surface area contributed by atoms with Crippen molar-refractivity contribution in [3.8, 4) is 45.5 Å². The molecule has 246 valence electrons. The Morgan fingerprint density at radius 3 is 2.32 bits per heavy atom. The van der Waals surface area contributed by atoms with Gasteiger partial charge in [0.15, 0.2) is 11.4 Å². The molecule has 0 saturated heterocycles.